The van der Waals surface area contributed by atoms with Gasteiger partial charge in [0.05, 0.1) is 6.10 Å². The maximum Gasteiger partial charge on any atom is 0.0588 e. The van der Waals surface area contributed by atoms with E-state index in [4.69, 9.17) is 0 Å². The molecule has 1 fully saturated rings. The molecule has 0 saturated heterocycles. The summed E-state index contributed by atoms with van der Waals surface area (Å²) in [5, 5.41) is 14.0. The van der Waals surface area contributed by atoms with E-state index < -0.39 is 0 Å². The van der Waals surface area contributed by atoms with Crippen molar-refractivity contribution in [3.63, 3.8) is 0 Å². The smallest absolute Gasteiger partial charge is 0.0588 e. The molecule has 0 bridgehead atoms. The van der Waals surface area contributed by atoms with Gasteiger partial charge >= 0.3 is 0 Å². The first-order valence-electron chi connectivity index (χ1n) is 7.47. The van der Waals surface area contributed by atoms with Crippen LogP contribution in [0, 0.1) is 11.8 Å². The van der Waals surface area contributed by atoms with Gasteiger partial charge in [-0.2, -0.15) is 0 Å². The van der Waals surface area contributed by atoms with Gasteiger partial charge in [-0.05, 0) is 43.6 Å². The molecule has 2 rings (SSSR count). The van der Waals surface area contributed by atoms with Gasteiger partial charge < -0.3 is 10.4 Å². The summed E-state index contributed by atoms with van der Waals surface area (Å²) in [4.78, 5) is 0. The summed E-state index contributed by atoms with van der Waals surface area (Å²) in [5.74, 6) is 1.04. The molecule has 3 atom stereocenters. The van der Waals surface area contributed by atoms with Crippen LogP contribution in [0.2, 0.25) is 0 Å². The highest BCUT2D eigenvalue weighted by molar-refractivity contribution is 5.14. The zero-order chi connectivity index (χ0) is 13.9. The summed E-state index contributed by atoms with van der Waals surface area (Å²) in [5.41, 5.74) is 1.38. The fourth-order valence-corrected chi connectivity index (χ4v) is 3.24. The van der Waals surface area contributed by atoms with Gasteiger partial charge in [-0.25, -0.2) is 0 Å². The second-order valence-electron chi connectivity index (χ2n) is 6.62. The predicted octanol–water partition coefficient (Wildman–Crippen LogP) is 3.35. The molecular weight excluding hydrogens is 234 g/mol. The maximum absolute atomic E-state index is 10.3. The van der Waals surface area contributed by atoms with E-state index in [1.54, 1.807) is 0 Å². The average molecular weight is 261 g/mol. The largest absolute Gasteiger partial charge is 0.393 e. The Morgan fingerprint density at radius 1 is 1.32 bits per heavy atom. The van der Waals surface area contributed by atoms with Crippen LogP contribution in [0.1, 0.15) is 45.6 Å². The Morgan fingerprint density at radius 3 is 2.58 bits per heavy atom. The number of aliphatic hydroxyl groups is 1. The molecule has 1 aromatic rings. The Bertz CT molecular complexity index is 390. The monoisotopic (exact) mass is 261 g/mol. The van der Waals surface area contributed by atoms with Crippen LogP contribution >= 0.6 is 0 Å². The Kier molecular flexibility index (Phi) is 4.64. The number of hydrogen-bond donors (Lipinski definition) is 2. The molecule has 0 aliphatic heterocycles. The second kappa shape index (κ2) is 6.06. The minimum Gasteiger partial charge on any atom is -0.393 e. The van der Waals surface area contributed by atoms with E-state index in [1.165, 1.54) is 5.56 Å². The summed E-state index contributed by atoms with van der Waals surface area (Å²) in [6.07, 6.45) is 2.97. The highest BCUT2D eigenvalue weighted by atomic mass is 16.3. The Labute approximate surface area is 117 Å². The molecule has 0 radical (unpaired) electrons. The lowest BCUT2D eigenvalue weighted by Crippen LogP contribution is -2.50. The van der Waals surface area contributed by atoms with Crippen LogP contribution in [-0.4, -0.2) is 16.7 Å². The summed E-state index contributed by atoms with van der Waals surface area (Å²) in [6.45, 7) is 7.56. The molecule has 1 saturated carbocycles. The van der Waals surface area contributed by atoms with E-state index in [-0.39, 0.29) is 11.6 Å². The van der Waals surface area contributed by atoms with Gasteiger partial charge in [0.2, 0.25) is 0 Å². The summed E-state index contributed by atoms with van der Waals surface area (Å²) in [7, 11) is 0. The molecule has 1 aromatic carbocycles. The third-order valence-corrected chi connectivity index (χ3v) is 4.60. The predicted molar refractivity (Wildman–Crippen MR) is 79.9 cm³/mol. The van der Waals surface area contributed by atoms with Crippen molar-refractivity contribution < 1.29 is 5.11 Å². The van der Waals surface area contributed by atoms with E-state index in [2.05, 4.69) is 50.4 Å². The third-order valence-electron chi connectivity index (χ3n) is 4.60. The van der Waals surface area contributed by atoms with Crippen molar-refractivity contribution in [3.8, 4) is 0 Å². The molecule has 19 heavy (non-hydrogen) atoms. The lowest BCUT2D eigenvalue weighted by molar-refractivity contribution is 0.00702. The normalized spacial score (nSPS) is 31.6. The van der Waals surface area contributed by atoms with E-state index >= 15 is 0 Å². The van der Waals surface area contributed by atoms with Crippen molar-refractivity contribution in [1.29, 1.82) is 0 Å². The van der Waals surface area contributed by atoms with Crippen LogP contribution in [0.4, 0.5) is 0 Å². The average Bonchev–Trinajstić information content (AvgIpc) is 2.37. The SMILES string of the molecule is CC(C)C1CCC(C)(NCc2ccccc2)CC1O. The first-order valence-corrected chi connectivity index (χ1v) is 7.47. The molecule has 0 aromatic heterocycles. The van der Waals surface area contributed by atoms with Crippen molar-refractivity contribution in [3.05, 3.63) is 35.9 Å². The Balaban J connectivity index is 1.90. The number of aliphatic hydroxyl groups excluding tert-OH is 1. The summed E-state index contributed by atoms with van der Waals surface area (Å²) in [6, 6.07) is 10.5. The molecule has 106 valence electrons. The van der Waals surface area contributed by atoms with Gasteiger partial charge in [-0.15, -0.1) is 0 Å². The van der Waals surface area contributed by atoms with E-state index in [9.17, 15) is 5.11 Å². The molecule has 2 heteroatoms. The number of hydrogen-bond acceptors (Lipinski definition) is 2. The number of nitrogens with one attached hydrogen (secondary N) is 1. The van der Waals surface area contributed by atoms with Gasteiger partial charge in [-0.3, -0.25) is 0 Å². The van der Waals surface area contributed by atoms with Gasteiger partial charge in [0, 0.05) is 12.1 Å². The zero-order valence-corrected chi connectivity index (χ0v) is 12.4. The van der Waals surface area contributed by atoms with E-state index in [1.807, 2.05) is 6.07 Å². The molecule has 0 amide bonds. The Morgan fingerprint density at radius 2 is 2.00 bits per heavy atom. The Hall–Kier alpha value is -0.860. The molecular formula is C17H27NO. The van der Waals surface area contributed by atoms with Crippen molar-refractivity contribution in [1.82, 2.24) is 5.32 Å². The topological polar surface area (TPSA) is 32.3 Å². The van der Waals surface area contributed by atoms with Crippen molar-refractivity contribution in [2.24, 2.45) is 11.8 Å². The van der Waals surface area contributed by atoms with Crippen LogP contribution in [-0.2, 0) is 6.54 Å². The lowest BCUT2D eigenvalue weighted by Gasteiger charge is -2.42. The molecule has 0 spiro atoms. The van der Waals surface area contributed by atoms with Gasteiger partial charge in [0.25, 0.3) is 0 Å². The fraction of sp³-hybridized carbons (Fsp3) is 0.647. The lowest BCUT2D eigenvalue weighted by atomic mass is 9.72. The van der Waals surface area contributed by atoms with Crippen LogP contribution < -0.4 is 5.32 Å². The van der Waals surface area contributed by atoms with Crippen molar-refractivity contribution in [2.45, 2.75) is 58.2 Å². The third kappa shape index (κ3) is 3.80. The highest BCUT2D eigenvalue weighted by Crippen LogP contribution is 2.36. The summed E-state index contributed by atoms with van der Waals surface area (Å²) >= 11 is 0. The standard InChI is InChI=1S/C17H27NO/c1-13(2)15-9-10-17(3,11-16(15)19)18-12-14-7-5-4-6-8-14/h4-8,13,15-16,18-19H,9-12H2,1-3H3. The highest BCUT2D eigenvalue weighted by Gasteiger charge is 2.37. The first kappa shape index (κ1) is 14.5. The van der Waals surface area contributed by atoms with Crippen LogP contribution in [0.15, 0.2) is 30.3 Å². The molecule has 1 aliphatic rings. The van der Waals surface area contributed by atoms with Crippen LogP contribution in [0.5, 0.6) is 0 Å². The number of rotatable bonds is 4. The summed E-state index contributed by atoms with van der Waals surface area (Å²) < 4.78 is 0. The number of benzene rings is 1. The zero-order valence-electron chi connectivity index (χ0n) is 12.4. The minimum absolute atomic E-state index is 0.0701. The molecule has 3 unspecified atom stereocenters. The minimum atomic E-state index is -0.165. The van der Waals surface area contributed by atoms with E-state index in [0.29, 0.717) is 11.8 Å². The fourth-order valence-electron chi connectivity index (χ4n) is 3.24. The molecule has 0 heterocycles. The van der Waals surface area contributed by atoms with Gasteiger partial charge in [-0.1, -0.05) is 44.2 Å². The van der Waals surface area contributed by atoms with Crippen LogP contribution in [0.25, 0.3) is 0 Å². The molecule has 2 N–H and O–H groups in total. The molecule has 1 aliphatic carbocycles. The first-order chi connectivity index (χ1) is 9.00. The van der Waals surface area contributed by atoms with Gasteiger partial charge in [0.15, 0.2) is 0 Å². The maximum atomic E-state index is 10.3. The van der Waals surface area contributed by atoms with Crippen molar-refractivity contribution >= 4 is 0 Å². The van der Waals surface area contributed by atoms with Crippen molar-refractivity contribution in [2.75, 3.05) is 0 Å². The quantitative estimate of drug-likeness (QED) is 0.871. The van der Waals surface area contributed by atoms with Gasteiger partial charge in [0.1, 0.15) is 0 Å². The molecule has 2 nitrogen and oxygen atoms in total. The van der Waals surface area contributed by atoms with Crippen LogP contribution in [0.3, 0.4) is 0 Å². The second-order valence-corrected chi connectivity index (χ2v) is 6.62. The van der Waals surface area contributed by atoms with E-state index in [0.717, 1.165) is 25.8 Å².